The Balaban J connectivity index is 0.954. The molecule has 3 aliphatic rings. The Bertz CT molecular complexity index is 4870. The number of anilines is 3. The third-order valence-corrected chi connectivity index (χ3v) is 18.4. The third kappa shape index (κ3) is 8.74. The molecule has 0 unspecified atom stereocenters. The average molecular weight is 1130 g/mol. The van der Waals surface area contributed by atoms with Crippen molar-refractivity contribution in [3.63, 3.8) is 0 Å². The van der Waals surface area contributed by atoms with Gasteiger partial charge in [-0.15, -0.1) is 0 Å². The van der Waals surface area contributed by atoms with Crippen molar-refractivity contribution >= 4 is 40.2 Å². The quantitative estimate of drug-likeness (QED) is 0.127. The first-order chi connectivity index (χ1) is 44.1. The van der Waals surface area contributed by atoms with Crippen molar-refractivity contribution in [2.24, 2.45) is 0 Å². The minimum absolute atomic E-state index is 0.212. The molecule has 0 N–H and O–H groups in total. The molecule has 14 aromatic rings. The van der Waals surface area contributed by atoms with E-state index in [9.17, 15) is 0 Å². The largest absolute Gasteiger partial charge is 0.458 e. The normalized spacial score (nSPS) is 12.9. The first-order valence-electron chi connectivity index (χ1n) is 30.7. The Morgan fingerprint density at radius 3 is 1.24 bits per heavy atom. The van der Waals surface area contributed by atoms with E-state index in [-0.39, 0.29) is 6.71 Å². The highest BCUT2D eigenvalue weighted by Crippen LogP contribution is 2.57. The third-order valence-electron chi connectivity index (χ3n) is 18.4. The summed E-state index contributed by atoms with van der Waals surface area (Å²) in [7, 11) is 0. The van der Waals surface area contributed by atoms with Gasteiger partial charge in [0.25, 0.3) is 6.71 Å². The molecule has 0 saturated carbocycles. The van der Waals surface area contributed by atoms with Crippen molar-refractivity contribution in [1.82, 2.24) is 0 Å². The number of ether oxygens (including phenoxy) is 2. The lowest BCUT2D eigenvalue weighted by atomic mass is 9.34. The van der Waals surface area contributed by atoms with Crippen molar-refractivity contribution < 1.29 is 9.47 Å². The van der Waals surface area contributed by atoms with Gasteiger partial charge in [-0.05, 0) is 143 Å². The standard InChI is InChI=1S/C85H56BNO2/c1-7-24-57(25-8-1)61-32-21-34-66(50-61)71-40-23-41-72(67-35-22-33-62(51-67)58-26-9-2-10-27-58)84(71)87-77-48-45-63(59-28-11-3-12-29-59)52-75(77)86-76-53-64(60-30-13-4-14-31-60)46-49-80(76)89-82-56-68(54-78(87)83(82)86)65-44-47-74-81(55-65)88-79-43-20-19-42-73(79)85(74,69-36-15-5-16-37-69)70-38-17-6-18-39-70/h1-56H. The zero-order valence-electron chi connectivity index (χ0n) is 48.7. The molecule has 0 saturated heterocycles. The first kappa shape index (κ1) is 51.9. The molecule has 416 valence electrons. The molecule has 17 rings (SSSR count). The fourth-order valence-corrected chi connectivity index (χ4v) is 14.4. The monoisotopic (exact) mass is 1130 g/mol. The molecule has 0 atom stereocenters. The molecule has 0 bridgehead atoms. The van der Waals surface area contributed by atoms with Crippen LogP contribution in [0.1, 0.15) is 22.3 Å². The minimum Gasteiger partial charge on any atom is -0.458 e. The van der Waals surface area contributed by atoms with Crippen molar-refractivity contribution in [3.8, 4) is 101 Å². The summed E-state index contributed by atoms with van der Waals surface area (Å²) in [6.45, 7) is -0.212. The summed E-state index contributed by atoms with van der Waals surface area (Å²) in [6.07, 6.45) is 0. The minimum atomic E-state index is -0.666. The van der Waals surface area contributed by atoms with Gasteiger partial charge in [0.15, 0.2) is 0 Å². The van der Waals surface area contributed by atoms with Crippen molar-refractivity contribution in [2.75, 3.05) is 4.90 Å². The lowest BCUT2D eigenvalue weighted by molar-refractivity contribution is 0.434. The summed E-state index contributed by atoms with van der Waals surface area (Å²) in [5, 5.41) is 0. The topological polar surface area (TPSA) is 21.7 Å². The maximum Gasteiger partial charge on any atom is 0.256 e. The molecule has 89 heavy (non-hydrogen) atoms. The van der Waals surface area contributed by atoms with Crippen LogP contribution in [0.15, 0.2) is 340 Å². The van der Waals surface area contributed by atoms with Crippen LogP contribution in [0.25, 0.3) is 77.9 Å². The molecule has 0 radical (unpaired) electrons. The highest BCUT2D eigenvalue weighted by atomic mass is 16.5. The van der Waals surface area contributed by atoms with E-state index in [1.165, 1.54) is 16.6 Å². The average Bonchev–Trinajstić information content (AvgIpc) is 0.750. The van der Waals surface area contributed by atoms with Gasteiger partial charge in [0.1, 0.15) is 23.0 Å². The number of nitrogens with zero attached hydrogens (tertiary/aromatic N) is 1. The Morgan fingerprint density at radius 1 is 0.247 bits per heavy atom. The zero-order valence-corrected chi connectivity index (χ0v) is 48.7. The lowest BCUT2D eigenvalue weighted by Crippen LogP contribution is -2.59. The summed E-state index contributed by atoms with van der Waals surface area (Å²) in [4.78, 5) is 2.58. The highest BCUT2D eigenvalue weighted by molar-refractivity contribution is 6.99. The van der Waals surface area contributed by atoms with Gasteiger partial charge >= 0.3 is 0 Å². The van der Waals surface area contributed by atoms with Gasteiger partial charge in [-0.2, -0.15) is 0 Å². The molecular formula is C85H56BNO2. The van der Waals surface area contributed by atoms with E-state index in [0.29, 0.717) is 0 Å². The summed E-state index contributed by atoms with van der Waals surface area (Å²) >= 11 is 0. The number of benzene rings is 14. The summed E-state index contributed by atoms with van der Waals surface area (Å²) in [5.74, 6) is 3.29. The Hall–Kier alpha value is -11.5. The molecule has 0 fully saturated rings. The van der Waals surface area contributed by atoms with Crippen LogP contribution in [0.4, 0.5) is 17.1 Å². The molecule has 3 nitrogen and oxygen atoms in total. The van der Waals surface area contributed by atoms with Crippen molar-refractivity contribution in [2.45, 2.75) is 5.41 Å². The van der Waals surface area contributed by atoms with Crippen LogP contribution in [0, 0.1) is 0 Å². The van der Waals surface area contributed by atoms with E-state index >= 15 is 0 Å². The van der Waals surface area contributed by atoms with Gasteiger partial charge in [-0.1, -0.05) is 291 Å². The van der Waals surface area contributed by atoms with Gasteiger partial charge in [0.05, 0.1) is 11.1 Å². The van der Waals surface area contributed by atoms with Crippen LogP contribution in [-0.2, 0) is 5.41 Å². The molecule has 3 heterocycles. The van der Waals surface area contributed by atoms with E-state index in [0.717, 1.165) is 140 Å². The molecule has 0 amide bonds. The number of rotatable bonds is 10. The molecule has 4 heteroatoms. The summed E-state index contributed by atoms with van der Waals surface area (Å²) < 4.78 is 14.7. The lowest BCUT2D eigenvalue weighted by Gasteiger charge is -2.42. The first-order valence-corrected chi connectivity index (χ1v) is 30.7. The zero-order chi connectivity index (χ0) is 58.8. The molecule has 0 spiro atoms. The van der Waals surface area contributed by atoms with Crippen LogP contribution in [0.2, 0.25) is 0 Å². The van der Waals surface area contributed by atoms with E-state index in [4.69, 9.17) is 9.47 Å². The number of fused-ring (bicyclic) bond motifs is 6. The molecule has 14 aromatic carbocycles. The number of hydrogen-bond acceptors (Lipinski definition) is 3. The van der Waals surface area contributed by atoms with Crippen LogP contribution < -0.4 is 30.8 Å². The predicted octanol–water partition coefficient (Wildman–Crippen LogP) is 20.2. The van der Waals surface area contributed by atoms with E-state index in [1.807, 2.05) is 0 Å². The molecule has 3 aliphatic heterocycles. The Kier molecular flexibility index (Phi) is 12.5. The number of para-hydroxylation sites is 2. The van der Waals surface area contributed by atoms with Crippen molar-refractivity contribution in [3.05, 3.63) is 362 Å². The fraction of sp³-hybridized carbons (Fsp3) is 0.0118. The van der Waals surface area contributed by atoms with Gasteiger partial charge in [0.2, 0.25) is 0 Å². The molecule has 0 aliphatic carbocycles. The fourth-order valence-electron chi connectivity index (χ4n) is 14.4. The molecular weight excluding hydrogens is 1080 g/mol. The van der Waals surface area contributed by atoms with E-state index in [2.05, 4.69) is 345 Å². The van der Waals surface area contributed by atoms with E-state index < -0.39 is 5.41 Å². The maximum absolute atomic E-state index is 7.50. The van der Waals surface area contributed by atoms with Crippen LogP contribution in [0.5, 0.6) is 23.0 Å². The van der Waals surface area contributed by atoms with Gasteiger partial charge < -0.3 is 14.4 Å². The van der Waals surface area contributed by atoms with Crippen LogP contribution in [-0.4, -0.2) is 6.71 Å². The predicted molar refractivity (Wildman–Crippen MR) is 369 cm³/mol. The van der Waals surface area contributed by atoms with Crippen LogP contribution in [0.3, 0.4) is 0 Å². The Labute approximate surface area is 519 Å². The smallest absolute Gasteiger partial charge is 0.256 e. The SMILES string of the molecule is c1ccc(-c2cccc(-c3cccc(-c4cccc(-c5ccccc5)c4)c3N3c4ccc(-c5ccccc5)cc4B4c5cc(-c6ccccc6)ccc5Oc5cc(-c6ccc7c(c6)Oc6ccccc6C7(c6ccccc6)c6ccccc6)cc3c54)c2)cc1. The Morgan fingerprint density at radius 2 is 0.663 bits per heavy atom. The maximum atomic E-state index is 7.50. The molecule has 0 aromatic heterocycles. The van der Waals surface area contributed by atoms with Gasteiger partial charge in [0, 0.05) is 33.6 Å². The second-order valence-electron chi connectivity index (χ2n) is 23.4. The second-order valence-corrected chi connectivity index (χ2v) is 23.4. The summed E-state index contributed by atoms with van der Waals surface area (Å²) in [5.41, 5.74) is 26.1. The number of hydrogen-bond donors (Lipinski definition) is 0. The van der Waals surface area contributed by atoms with Crippen LogP contribution >= 0.6 is 0 Å². The van der Waals surface area contributed by atoms with Gasteiger partial charge in [-0.3, -0.25) is 0 Å². The summed E-state index contributed by atoms with van der Waals surface area (Å²) in [6, 6.07) is 124. The highest BCUT2D eigenvalue weighted by Gasteiger charge is 2.47. The van der Waals surface area contributed by atoms with Gasteiger partial charge in [-0.25, -0.2) is 0 Å². The van der Waals surface area contributed by atoms with Crippen molar-refractivity contribution in [1.29, 1.82) is 0 Å². The van der Waals surface area contributed by atoms with E-state index in [1.54, 1.807) is 0 Å². The second kappa shape index (κ2) is 21.5.